The highest BCUT2D eigenvalue weighted by atomic mass is 32.1. The van der Waals surface area contributed by atoms with Crippen molar-refractivity contribution in [3.05, 3.63) is 73.2 Å². The Morgan fingerprint density at radius 3 is 2.66 bits per heavy atom. The van der Waals surface area contributed by atoms with Crippen molar-refractivity contribution in [2.45, 2.75) is 31.5 Å². The summed E-state index contributed by atoms with van der Waals surface area (Å²) in [6, 6.07) is 8.28. The van der Waals surface area contributed by atoms with Gasteiger partial charge in [0, 0.05) is 11.5 Å². The SMILES string of the molecule is O=c1[nH]c(O)c([C@@H]2CCc3cc(Oc4ccc(C(F)(F)F)cc4CO)ccc32)s1. The molecule has 1 atom stereocenters. The Morgan fingerprint density at radius 2 is 2.00 bits per heavy atom. The van der Waals surface area contributed by atoms with Gasteiger partial charge in [-0.2, -0.15) is 13.2 Å². The number of aliphatic hydroxyl groups excluding tert-OH is 1. The van der Waals surface area contributed by atoms with Crippen LogP contribution < -0.4 is 9.61 Å². The van der Waals surface area contributed by atoms with Gasteiger partial charge in [0.05, 0.1) is 17.0 Å². The maximum absolute atomic E-state index is 12.9. The average Bonchev–Trinajstić information content (AvgIpc) is 3.22. The quantitative estimate of drug-likeness (QED) is 0.576. The summed E-state index contributed by atoms with van der Waals surface area (Å²) in [7, 11) is 0. The Balaban J connectivity index is 1.61. The van der Waals surface area contributed by atoms with E-state index in [0.717, 1.165) is 41.0 Å². The Labute approximate surface area is 167 Å². The van der Waals surface area contributed by atoms with Gasteiger partial charge >= 0.3 is 11.0 Å². The molecule has 0 saturated carbocycles. The minimum atomic E-state index is -4.50. The molecule has 1 aliphatic carbocycles. The number of fused-ring (bicyclic) bond motifs is 1. The van der Waals surface area contributed by atoms with E-state index in [2.05, 4.69) is 4.98 Å². The van der Waals surface area contributed by atoms with Crippen LogP contribution in [0.25, 0.3) is 0 Å². The first-order chi connectivity index (χ1) is 13.8. The molecule has 0 unspecified atom stereocenters. The molecule has 1 aromatic heterocycles. The molecule has 3 aromatic rings. The molecule has 0 saturated heterocycles. The Bertz CT molecular complexity index is 1120. The number of benzene rings is 2. The van der Waals surface area contributed by atoms with Gasteiger partial charge in [0.1, 0.15) is 11.5 Å². The Morgan fingerprint density at radius 1 is 1.21 bits per heavy atom. The van der Waals surface area contributed by atoms with Gasteiger partial charge in [-0.3, -0.25) is 9.78 Å². The molecular formula is C20H16F3NO4S. The number of H-pyrrole nitrogens is 1. The number of aromatic nitrogens is 1. The van der Waals surface area contributed by atoms with E-state index in [1.807, 2.05) is 6.07 Å². The molecule has 3 N–H and O–H groups in total. The van der Waals surface area contributed by atoms with E-state index in [1.165, 1.54) is 6.07 Å². The molecule has 29 heavy (non-hydrogen) atoms. The number of hydrogen-bond donors (Lipinski definition) is 3. The van der Waals surface area contributed by atoms with Gasteiger partial charge in [-0.1, -0.05) is 17.4 Å². The van der Waals surface area contributed by atoms with Crippen LogP contribution >= 0.6 is 11.3 Å². The third-order valence-corrected chi connectivity index (χ3v) is 5.94. The maximum atomic E-state index is 12.9. The van der Waals surface area contributed by atoms with Crippen molar-refractivity contribution < 1.29 is 28.1 Å². The van der Waals surface area contributed by atoms with Gasteiger partial charge in [-0.25, -0.2) is 0 Å². The van der Waals surface area contributed by atoms with E-state index < -0.39 is 18.3 Å². The van der Waals surface area contributed by atoms with Gasteiger partial charge in [0.25, 0.3) is 0 Å². The fourth-order valence-electron chi connectivity index (χ4n) is 3.60. The number of nitrogens with one attached hydrogen (secondary N) is 1. The first-order valence-electron chi connectivity index (χ1n) is 8.80. The minimum Gasteiger partial charge on any atom is -0.494 e. The van der Waals surface area contributed by atoms with Gasteiger partial charge in [-0.05, 0) is 54.3 Å². The Kier molecular flexibility index (Phi) is 4.87. The van der Waals surface area contributed by atoms with Crippen LogP contribution in [0.15, 0.2) is 41.2 Å². The van der Waals surface area contributed by atoms with E-state index in [1.54, 1.807) is 12.1 Å². The van der Waals surface area contributed by atoms with Crippen molar-refractivity contribution in [3.8, 4) is 17.4 Å². The second-order valence-corrected chi connectivity index (χ2v) is 7.77. The number of thiazole rings is 1. The van der Waals surface area contributed by atoms with E-state index in [-0.39, 0.29) is 28.0 Å². The second kappa shape index (κ2) is 7.23. The lowest BCUT2D eigenvalue weighted by atomic mass is 10.00. The number of hydrogen-bond acceptors (Lipinski definition) is 5. The number of alkyl halides is 3. The highest BCUT2D eigenvalue weighted by Gasteiger charge is 2.31. The lowest BCUT2D eigenvalue weighted by molar-refractivity contribution is -0.137. The van der Waals surface area contributed by atoms with E-state index in [9.17, 15) is 28.2 Å². The molecule has 0 fully saturated rings. The number of halogens is 3. The number of aromatic hydroxyl groups is 1. The summed E-state index contributed by atoms with van der Waals surface area (Å²) < 4.78 is 44.3. The molecular weight excluding hydrogens is 407 g/mol. The van der Waals surface area contributed by atoms with Crippen molar-refractivity contribution in [2.24, 2.45) is 0 Å². The summed E-state index contributed by atoms with van der Waals surface area (Å²) in [5.41, 5.74) is 1.14. The summed E-state index contributed by atoms with van der Waals surface area (Å²) in [4.78, 5) is 14.1. The predicted octanol–water partition coefficient (Wildman–Crippen LogP) is 4.52. The fraction of sp³-hybridized carbons (Fsp3) is 0.250. The third-order valence-electron chi connectivity index (χ3n) is 4.95. The zero-order valence-corrected chi connectivity index (χ0v) is 15.7. The molecule has 9 heteroatoms. The van der Waals surface area contributed by atoms with E-state index in [0.29, 0.717) is 17.0 Å². The first kappa shape index (κ1) is 19.5. The van der Waals surface area contributed by atoms with Gasteiger partial charge in [0.15, 0.2) is 0 Å². The first-order valence-corrected chi connectivity index (χ1v) is 9.61. The summed E-state index contributed by atoms with van der Waals surface area (Å²) in [6.07, 6.45) is -3.06. The molecule has 0 bridgehead atoms. The van der Waals surface area contributed by atoms with Crippen LogP contribution in [0.1, 0.15) is 39.5 Å². The zero-order valence-electron chi connectivity index (χ0n) is 14.9. The van der Waals surface area contributed by atoms with Crippen molar-refractivity contribution >= 4 is 11.3 Å². The molecule has 152 valence electrons. The number of aliphatic hydroxyl groups is 1. The van der Waals surface area contributed by atoms with Crippen LogP contribution in [0.5, 0.6) is 17.4 Å². The van der Waals surface area contributed by atoms with Crippen LogP contribution in [-0.2, 0) is 19.2 Å². The predicted molar refractivity (Wildman–Crippen MR) is 101 cm³/mol. The normalized spacial score (nSPS) is 16.1. The van der Waals surface area contributed by atoms with Crippen LogP contribution in [0, 0.1) is 0 Å². The second-order valence-electron chi connectivity index (χ2n) is 6.76. The molecule has 0 radical (unpaired) electrons. The minimum absolute atomic E-state index is 0.0419. The number of rotatable bonds is 4. The van der Waals surface area contributed by atoms with Crippen molar-refractivity contribution in [3.63, 3.8) is 0 Å². The molecule has 1 aliphatic rings. The molecule has 4 rings (SSSR count). The zero-order chi connectivity index (χ0) is 20.8. The number of aromatic amines is 1. The smallest absolute Gasteiger partial charge is 0.416 e. The number of aryl methyl sites for hydroxylation is 1. The topological polar surface area (TPSA) is 82.6 Å². The van der Waals surface area contributed by atoms with Crippen molar-refractivity contribution in [1.29, 1.82) is 0 Å². The summed E-state index contributed by atoms with van der Waals surface area (Å²) in [5.74, 6) is 0.374. The van der Waals surface area contributed by atoms with Crippen LogP contribution in [0.3, 0.4) is 0 Å². The average molecular weight is 423 g/mol. The van der Waals surface area contributed by atoms with E-state index in [4.69, 9.17) is 4.74 Å². The number of ether oxygens (including phenoxy) is 1. The maximum Gasteiger partial charge on any atom is 0.416 e. The van der Waals surface area contributed by atoms with Gasteiger partial charge in [0.2, 0.25) is 5.88 Å². The Hall–Kier alpha value is -2.78. The standard InChI is InChI=1S/C20H16F3NO4S/c21-20(22,23)12-2-6-16(11(7-12)9-25)28-13-3-5-14-10(8-13)1-4-15(14)17-18(26)24-19(27)29-17/h2-3,5-8,15,25-26H,1,4,9H2,(H,24,27)/t15-/m1/s1. The highest BCUT2D eigenvalue weighted by molar-refractivity contribution is 7.09. The molecule has 2 aromatic carbocycles. The van der Waals surface area contributed by atoms with Gasteiger partial charge in [-0.15, -0.1) is 0 Å². The van der Waals surface area contributed by atoms with Crippen molar-refractivity contribution in [1.82, 2.24) is 4.98 Å². The summed E-state index contributed by atoms with van der Waals surface area (Å²) in [5, 5.41) is 19.4. The summed E-state index contributed by atoms with van der Waals surface area (Å²) in [6.45, 7) is -0.585. The van der Waals surface area contributed by atoms with E-state index >= 15 is 0 Å². The largest absolute Gasteiger partial charge is 0.494 e. The van der Waals surface area contributed by atoms with Crippen LogP contribution in [-0.4, -0.2) is 15.2 Å². The highest BCUT2D eigenvalue weighted by Crippen LogP contribution is 2.43. The monoisotopic (exact) mass is 423 g/mol. The lowest BCUT2D eigenvalue weighted by Crippen LogP contribution is -2.06. The van der Waals surface area contributed by atoms with Crippen LogP contribution in [0.4, 0.5) is 13.2 Å². The molecule has 0 amide bonds. The summed E-state index contributed by atoms with van der Waals surface area (Å²) >= 11 is 0.978. The third kappa shape index (κ3) is 3.75. The van der Waals surface area contributed by atoms with Gasteiger partial charge < -0.3 is 14.9 Å². The van der Waals surface area contributed by atoms with Crippen LogP contribution in [0.2, 0.25) is 0 Å². The van der Waals surface area contributed by atoms with Crippen molar-refractivity contribution in [2.75, 3.05) is 0 Å². The molecule has 0 spiro atoms. The molecule has 1 heterocycles. The lowest BCUT2D eigenvalue weighted by Gasteiger charge is -2.14. The fourth-order valence-corrected chi connectivity index (χ4v) is 4.49. The molecule has 5 nitrogen and oxygen atoms in total. The molecule has 0 aliphatic heterocycles.